The summed E-state index contributed by atoms with van der Waals surface area (Å²) in [6.45, 7) is 4.64. The van der Waals surface area contributed by atoms with E-state index in [1.807, 2.05) is 0 Å². The maximum absolute atomic E-state index is 5.59. The molecule has 2 aliphatic rings. The summed E-state index contributed by atoms with van der Waals surface area (Å²) in [5, 5.41) is 3.56. The Bertz CT molecular complexity index is 480. The fraction of sp³-hybridized carbons (Fsp3) is 0.647. The van der Waals surface area contributed by atoms with E-state index in [1.165, 1.54) is 37.1 Å². The zero-order valence-corrected chi connectivity index (χ0v) is 12.2. The van der Waals surface area contributed by atoms with Crippen molar-refractivity contribution in [2.24, 2.45) is 0 Å². The summed E-state index contributed by atoms with van der Waals surface area (Å²) in [6.07, 6.45) is 3.88. The van der Waals surface area contributed by atoms with Crippen molar-refractivity contribution in [2.45, 2.75) is 45.1 Å². The molecule has 0 bridgehead atoms. The van der Waals surface area contributed by atoms with E-state index in [-0.39, 0.29) is 14.3 Å². The van der Waals surface area contributed by atoms with Gasteiger partial charge >= 0.3 is 0 Å². The van der Waals surface area contributed by atoms with Gasteiger partial charge in [0.15, 0.2) is 0 Å². The first kappa shape index (κ1) is 15.2. The van der Waals surface area contributed by atoms with Crippen molar-refractivity contribution in [1.29, 1.82) is 0 Å². The quantitative estimate of drug-likeness (QED) is 0.911. The summed E-state index contributed by atoms with van der Waals surface area (Å²) in [5.41, 5.74) is 2.81. The molecule has 1 unspecified atom stereocenters. The van der Waals surface area contributed by atoms with Crippen LogP contribution in [0.25, 0.3) is 0 Å². The van der Waals surface area contributed by atoms with E-state index in [0.29, 0.717) is 6.04 Å². The van der Waals surface area contributed by atoms with Crippen molar-refractivity contribution in [2.75, 3.05) is 32.6 Å². The first-order valence-electron chi connectivity index (χ1n) is 7.26. The lowest BCUT2D eigenvalue weighted by Crippen LogP contribution is -2.35. The smallest absolute Gasteiger partial charge is 0.124 e. The second kappa shape index (κ2) is 5.65. The van der Waals surface area contributed by atoms with E-state index in [4.69, 9.17) is 4.74 Å². The van der Waals surface area contributed by atoms with Gasteiger partial charge in [0.1, 0.15) is 5.75 Å². The van der Waals surface area contributed by atoms with Gasteiger partial charge in [0, 0.05) is 30.7 Å². The van der Waals surface area contributed by atoms with E-state index >= 15 is 0 Å². The van der Waals surface area contributed by atoms with Crippen molar-refractivity contribution in [3.05, 3.63) is 23.8 Å². The summed E-state index contributed by atoms with van der Waals surface area (Å²) < 4.78 is 5.59. The van der Waals surface area contributed by atoms with Gasteiger partial charge in [0.05, 0.1) is 7.11 Å². The van der Waals surface area contributed by atoms with Crippen molar-refractivity contribution in [1.82, 2.24) is 4.90 Å². The van der Waals surface area contributed by atoms with Crippen LogP contribution in [0.5, 0.6) is 5.75 Å². The van der Waals surface area contributed by atoms with E-state index in [2.05, 4.69) is 42.4 Å². The van der Waals surface area contributed by atoms with Gasteiger partial charge in [0.2, 0.25) is 0 Å². The first-order chi connectivity index (χ1) is 9.14. The second-order valence-electron chi connectivity index (χ2n) is 6.28. The third-order valence-electron chi connectivity index (χ3n) is 4.88. The number of hydrogen-bond acceptors (Lipinski definition) is 3. The third kappa shape index (κ3) is 2.39. The summed E-state index contributed by atoms with van der Waals surface area (Å²) >= 11 is 0. The molecule has 2 aliphatic heterocycles. The highest BCUT2D eigenvalue weighted by molar-refractivity contribution is 5.65. The Balaban J connectivity index is 0.00000110. The standard InChI is InChI=1S/C16H24N2O.CH4.H2/c1-16(10-12-6-5-9-18(12)2)11-17-13-7-4-8-14(19-3)15(13)16;;/h4,7-8,12,17H,5-6,9-11H2,1-3H3;1H4;1H/t12-,16?;;/m1../s1. The van der Waals surface area contributed by atoms with E-state index in [9.17, 15) is 0 Å². The summed E-state index contributed by atoms with van der Waals surface area (Å²) in [7, 11) is 4.03. The SMILES string of the molecule is C.COc1cccc2c1C(C)(C[C@H]1CCCN1C)CN2.[HH]. The van der Waals surface area contributed by atoms with Crippen LogP contribution in [0.3, 0.4) is 0 Å². The van der Waals surface area contributed by atoms with Crippen molar-refractivity contribution in [3.63, 3.8) is 0 Å². The number of nitrogens with zero attached hydrogens (tertiary/aromatic N) is 1. The predicted molar refractivity (Wildman–Crippen MR) is 87.9 cm³/mol. The van der Waals surface area contributed by atoms with Crippen LogP contribution in [-0.4, -0.2) is 38.2 Å². The lowest BCUT2D eigenvalue weighted by molar-refractivity contribution is 0.251. The fourth-order valence-electron chi connectivity index (χ4n) is 3.78. The third-order valence-corrected chi connectivity index (χ3v) is 4.88. The Hall–Kier alpha value is -1.22. The number of likely N-dealkylation sites (tertiary alicyclic amines) is 1. The molecule has 2 heterocycles. The molecule has 114 valence electrons. The molecule has 1 aromatic carbocycles. The Morgan fingerprint density at radius 3 is 2.95 bits per heavy atom. The molecule has 3 nitrogen and oxygen atoms in total. The molecule has 1 aromatic rings. The van der Waals surface area contributed by atoms with Gasteiger partial charge in [-0.2, -0.15) is 0 Å². The number of hydrogen-bond donors (Lipinski definition) is 1. The highest BCUT2D eigenvalue weighted by Gasteiger charge is 2.40. The summed E-state index contributed by atoms with van der Waals surface area (Å²) in [6, 6.07) is 7.03. The average molecular weight is 278 g/mol. The van der Waals surface area contributed by atoms with Gasteiger partial charge < -0.3 is 15.0 Å². The average Bonchev–Trinajstić information content (AvgIpc) is 2.95. The second-order valence-corrected chi connectivity index (χ2v) is 6.28. The van der Waals surface area contributed by atoms with Crippen molar-refractivity contribution in [3.8, 4) is 5.75 Å². The van der Waals surface area contributed by atoms with Crippen LogP contribution in [0.1, 0.15) is 40.6 Å². The molecule has 1 saturated heterocycles. The Labute approximate surface area is 124 Å². The van der Waals surface area contributed by atoms with Crippen LogP contribution in [0.4, 0.5) is 5.69 Å². The normalized spacial score (nSPS) is 28.6. The number of benzene rings is 1. The fourth-order valence-corrected chi connectivity index (χ4v) is 3.78. The summed E-state index contributed by atoms with van der Waals surface area (Å²) in [5.74, 6) is 1.03. The molecule has 0 radical (unpaired) electrons. The van der Waals surface area contributed by atoms with Crippen LogP contribution < -0.4 is 10.1 Å². The number of rotatable bonds is 3. The highest BCUT2D eigenvalue weighted by Crippen LogP contribution is 2.46. The minimum atomic E-state index is 0. The van der Waals surface area contributed by atoms with Crippen LogP contribution in [0.15, 0.2) is 18.2 Å². The van der Waals surface area contributed by atoms with Crippen LogP contribution in [0, 0.1) is 0 Å². The van der Waals surface area contributed by atoms with Crippen LogP contribution >= 0.6 is 0 Å². The number of methoxy groups -OCH3 is 1. The van der Waals surface area contributed by atoms with Gasteiger partial charge in [-0.1, -0.05) is 20.4 Å². The van der Waals surface area contributed by atoms with Crippen molar-refractivity contribution < 1.29 is 6.16 Å². The van der Waals surface area contributed by atoms with Crippen LogP contribution in [-0.2, 0) is 5.41 Å². The topological polar surface area (TPSA) is 24.5 Å². The van der Waals surface area contributed by atoms with Gasteiger partial charge in [0.25, 0.3) is 0 Å². The van der Waals surface area contributed by atoms with Crippen molar-refractivity contribution >= 4 is 5.69 Å². The van der Waals surface area contributed by atoms with Crippen LogP contribution in [0.2, 0.25) is 0 Å². The summed E-state index contributed by atoms with van der Waals surface area (Å²) in [4.78, 5) is 2.51. The zero-order chi connectivity index (χ0) is 13.5. The molecule has 0 saturated carbocycles. The van der Waals surface area contributed by atoms with Gasteiger partial charge in [-0.3, -0.25) is 0 Å². The van der Waals surface area contributed by atoms with Gasteiger partial charge in [-0.05, 0) is 45.0 Å². The molecule has 3 heteroatoms. The monoisotopic (exact) mass is 278 g/mol. The minimum Gasteiger partial charge on any atom is -0.496 e. The first-order valence-corrected chi connectivity index (χ1v) is 7.26. The number of anilines is 1. The molecular formula is C17H30N2O. The van der Waals surface area contributed by atoms with Gasteiger partial charge in [-0.25, -0.2) is 0 Å². The molecule has 0 amide bonds. The maximum Gasteiger partial charge on any atom is 0.124 e. The molecule has 1 N–H and O–H groups in total. The molecule has 0 aliphatic carbocycles. The lowest BCUT2D eigenvalue weighted by Gasteiger charge is -2.31. The lowest BCUT2D eigenvalue weighted by atomic mass is 9.78. The van der Waals surface area contributed by atoms with E-state index < -0.39 is 0 Å². The molecule has 20 heavy (non-hydrogen) atoms. The molecule has 0 aromatic heterocycles. The molecular weight excluding hydrogens is 248 g/mol. The number of fused-ring (bicyclic) bond motifs is 1. The molecule has 0 spiro atoms. The highest BCUT2D eigenvalue weighted by atomic mass is 16.5. The van der Waals surface area contributed by atoms with Gasteiger partial charge in [-0.15, -0.1) is 0 Å². The minimum absolute atomic E-state index is 0. The van der Waals surface area contributed by atoms with E-state index in [0.717, 1.165) is 12.3 Å². The molecule has 1 fully saturated rings. The maximum atomic E-state index is 5.59. The Morgan fingerprint density at radius 1 is 1.50 bits per heavy atom. The molecule has 2 atom stereocenters. The number of nitrogens with one attached hydrogen (secondary N) is 1. The van der Waals surface area contributed by atoms with E-state index in [1.54, 1.807) is 7.11 Å². The predicted octanol–water partition coefficient (Wildman–Crippen LogP) is 3.74. The largest absolute Gasteiger partial charge is 0.496 e. The molecule has 3 rings (SSSR count). The Kier molecular flexibility index (Phi) is 4.28. The zero-order valence-electron chi connectivity index (χ0n) is 12.2. The Morgan fingerprint density at radius 2 is 2.30 bits per heavy atom. The number of ether oxygens (including phenoxy) is 1.